The topological polar surface area (TPSA) is 70.0 Å². The number of hydrogen-bond acceptors (Lipinski definition) is 5. The summed E-state index contributed by atoms with van der Waals surface area (Å²) in [5.74, 6) is -0.232. The molecule has 1 aromatic carbocycles. The van der Waals surface area contributed by atoms with Gasteiger partial charge in [0.05, 0.1) is 5.75 Å². The summed E-state index contributed by atoms with van der Waals surface area (Å²) in [6.07, 6.45) is 1.25. The van der Waals surface area contributed by atoms with Gasteiger partial charge in [-0.3, -0.25) is 0 Å². The fraction of sp³-hybridized carbons (Fsp3) is 0.133. The third kappa shape index (κ3) is 4.60. The molecule has 0 unspecified atom stereocenters. The predicted octanol–water partition coefficient (Wildman–Crippen LogP) is 3.47. The van der Waals surface area contributed by atoms with Gasteiger partial charge in [-0.05, 0) is 29.1 Å². The first kappa shape index (κ1) is 16.6. The largest absolute Gasteiger partial charge is 0.384 e. The van der Waals surface area contributed by atoms with E-state index >= 15 is 0 Å². The lowest BCUT2D eigenvalue weighted by atomic mass is 10.2. The number of sulfone groups is 1. The van der Waals surface area contributed by atoms with Crippen molar-refractivity contribution in [1.29, 1.82) is 5.26 Å². The Hall–Kier alpha value is -1.81. The van der Waals surface area contributed by atoms with E-state index in [1.54, 1.807) is 41.7 Å². The molecule has 4 nitrogen and oxygen atoms in total. The number of allylic oxidation sites excluding steroid dienone is 1. The summed E-state index contributed by atoms with van der Waals surface area (Å²) in [6.45, 7) is 0.485. The Morgan fingerprint density at radius 2 is 2.05 bits per heavy atom. The highest BCUT2D eigenvalue weighted by molar-refractivity contribution is 7.94. The van der Waals surface area contributed by atoms with Crippen molar-refractivity contribution >= 4 is 32.8 Å². The molecule has 2 rings (SSSR count). The molecule has 1 heterocycles. The summed E-state index contributed by atoms with van der Waals surface area (Å²) in [5.41, 5.74) is 0.587. The monoisotopic (exact) mass is 352 g/mol. The first-order chi connectivity index (χ1) is 10.5. The molecule has 0 spiro atoms. The van der Waals surface area contributed by atoms with Gasteiger partial charge in [0.1, 0.15) is 6.07 Å². The zero-order valence-corrected chi connectivity index (χ0v) is 13.9. The van der Waals surface area contributed by atoms with Gasteiger partial charge in [-0.25, -0.2) is 8.42 Å². The Labute approximate surface area is 138 Å². The van der Waals surface area contributed by atoms with Gasteiger partial charge in [-0.2, -0.15) is 5.26 Å². The van der Waals surface area contributed by atoms with Crippen LogP contribution in [0.2, 0.25) is 5.02 Å². The summed E-state index contributed by atoms with van der Waals surface area (Å²) >= 11 is 7.32. The second-order valence-corrected chi connectivity index (χ2v) is 7.89. The van der Waals surface area contributed by atoms with Crippen LogP contribution in [0.25, 0.3) is 0 Å². The number of nitrogens with one attached hydrogen (secondary N) is 1. The average Bonchev–Trinajstić information content (AvgIpc) is 2.99. The summed E-state index contributed by atoms with van der Waals surface area (Å²) in [4.78, 5) is 0.780. The van der Waals surface area contributed by atoms with E-state index < -0.39 is 9.84 Å². The first-order valence-corrected chi connectivity index (χ1v) is 9.25. The Morgan fingerprint density at radius 3 is 2.64 bits per heavy atom. The first-order valence-electron chi connectivity index (χ1n) is 6.34. The molecule has 0 aliphatic carbocycles. The number of nitrogens with zero attached hydrogens (tertiary/aromatic N) is 1. The Balaban J connectivity index is 2.07. The molecule has 0 saturated heterocycles. The summed E-state index contributed by atoms with van der Waals surface area (Å²) in [7, 11) is -3.68. The smallest absolute Gasteiger partial charge is 0.193 e. The minimum absolute atomic E-state index is 0.232. The van der Waals surface area contributed by atoms with Crippen molar-refractivity contribution in [3.8, 4) is 6.07 Å². The van der Waals surface area contributed by atoms with E-state index in [-0.39, 0.29) is 10.7 Å². The molecule has 0 atom stereocenters. The summed E-state index contributed by atoms with van der Waals surface area (Å²) in [5, 5.41) is 14.4. The Kier molecular flexibility index (Phi) is 5.61. The number of benzene rings is 1. The summed E-state index contributed by atoms with van der Waals surface area (Å²) in [6, 6.07) is 12.1. The van der Waals surface area contributed by atoms with E-state index in [1.165, 1.54) is 6.20 Å². The second kappa shape index (κ2) is 7.45. The van der Waals surface area contributed by atoms with Gasteiger partial charge in [0.2, 0.25) is 0 Å². The normalized spacial score (nSPS) is 11.9. The van der Waals surface area contributed by atoms with Crippen LogP contribution in [0.5, 0.6) is 0 Å². The molecule has 1 aromatic heterocycles. The molecule has 0 bridgehead atoms. The van der Waals surface area contributed by atoms with E-state index in [1.807, 2.05) is 17.5 Å². The Morgan fingerprint density at radius 1 is 1.32 bits per heavy atom. The number of rotatable bonds is 6. The highest BCUT2D eigenvalue weighted by atomic mass is 35.5. The number of thiophene rings is 1. The van der Waals surface area contributed by atoms with Gasteiger partial charge in [-0.15, -0.1) is 11.3 Å². The van der Waals surface area contributed by atoms with Crippen molar-refractivity contribution in [2.45, 2.75) is 12.3 Å². The van der Waals surface area contributed by atoms with Crippen molar-refractivity contribution in [1.82, 2.24) is 5.32 Å². The highest BCUT2D eigenvalue weighted by Crippen LogP contribution is 2.16. The fourth-order valence-corrected chi connectivity index (χ4v) is 3.70. The van der Waals surface area contributed by atoms with Crippen LogP contribution in [0, 0.1) is 11.3 Å². The van der Waals surface area contributed by atoms with Crippen LogP contribution >= 0.6 is 22.9 Å². The predicted molar refractivity (Wildman–Crippen MR) is 88.9 cm³/mol. The molecule has 1 N–H and O–H groups in total. The zero-order valence-electron chi connectivity index (χ0n) is 11.5. The standard InChI is InChI=1S/C15H13ClN2O2S2/c16-13-5-3-12(4-6-13)11-22(19,20)15(8-17)10-18-9-14-2-1-7-21-14/h1-7,10,18H,9,11H2/b15-10+. The molecular weight excluding hydrogens is 340 g/mol. The lowest BCUT2D eigenvalue weighted by Gasteiger charge is -2.04. The maximum absolute atomic E-state index is 12.2. The van der Waals surface area contributed by atoms with E-state index in [4.69, 9.17) is 16.9 Å². The molecule has 0 radical (unpaired) electrons. The number of hydrogen-bond donors (Lipinski definition) is 1. The Bertz CT molecular complexity index is 789. The minimum Gasteiger partial charge on any atom is -0.384 e. The van der Waals surface area contributed by atoms with Crippen LogP contribution in [0.3, 0.4) is 0 Å². The van der Waals surface area contributed by atoms with Gasteiger partial charge in [0, 0.05) is 22.6 Å². The lowest BCUT2D eigenvalue weighted by molar-refractivity contribution is 0.602. The molecule has 114 valence electrons. The molecular formula is C15H13ClN2O2S2. The lowest BCUT2D eigenvalue weighted by Crippen LogP contribution is -2.11. The molecule has 0 saturated carbocycles. The van der Waals surface area contributed by atoms with Crippen molar-refractivity contribution < 1.29 is 8.42 Å². The van der Waals surface area contributed by atoms with Gasteiger partial charge in [-0.1, -0.05) is 29.8 Å². The van der Waals surface area contributed by atoms with Gasteiger partial charge >= 0.3 is 0 Å². The molecule has 2 aromatic rings. The van der Waals surface area contributed by atoms with Crippen LogP contribution in [-0.2, 0) is 22.1 Å². The second-order valence-electron chi connectivity index (χ2n) is 4.47. The van der Waals surface area contributed by atoms with Gasteiger partial charge < -0.3 is 5.32 Å². The van der Waals surface area contributed by atoms with E-state index in [2.05, 4.69) is 5.32 Å². The molecule has 0 fully saturated rings. The maximum Gasteiger partial charge on any atom is 0.193 e. The van der Waals surface area contributed by atoms with Crippen molar-refractivity contribution in [3.05, 3.63) is 68.3 Å². The highest BCUT2D eigenvalue weighted by Gasteiger charge is 2.18. The molecule has 22 heavy (non-hydrogen) atoms. The number of halogens is 1. The van der Waals surface area contributed by atoms with Crippen LogP contribution in [0.15, 0.2) is 52.9 Å². The van der Waals surface area contributed by atoms with Crippen molar-refractivity contribution in [3.63, 3.8) is 0 Å². The number of nitriles is 1. The quantitative estimate of drug-likeness (QED) is 0.808. The molecule has 0 aliphatic heterocycles. The third-order valence-electron chi connectivity index (χ3n) is 2.80. The van der Waals surface area contributed by atoms with Gasteiger partial charge in [0.15, 0.2) is 14.7 Å². The van der Waals surface area contributed by atoms with E-state index in [0.29, 0.717) is 17.1 Å². The molecule has 7 heteroatoms. The van der Waals surface area contributed by atoms with Crippen LogP contribution in [0.4, 0.5) is 0 Å². The summed E-state index contributed by atoms with van der Waals surface area (Å²) < 4.78 is 24.5. The van der Waals surface area contributed by atoms with Gasteiger partial charge in [0.25, 0.3) is 0 Å². The van der Waals surface area contributed by atoms with Crippen LogP contribution in [-0.4, -0.2) is 8.42 Å². The van der Waals surface area contributed by atoms with Crippen LogP contribution < -0.4 is 5.32 Å². The third-order valence-corrected chi connectivity index (χ3v) is 5.53. The van der Waals surface area contributed by atoms with E-state index in [9.17, 15) is 8.42 Å². The maximum atomic E-state index is 12.2. The zero-order chi connectivity index (χ0) is 16.0. The van der Waals surface area contributed by atoms with E-state index in [0.717, 1.165) is 4.88 Å². The molecule has 0 amide bonds. The SMILES string of the molecule is N#C/C(=C\NCc1cccs1)S(=O)(=O)Cc1ccc(Cl)cc1. The van der Waals surface area contributed by atoms with Crippen molar-refractivity contribution in [2.24, 2.45) is 0 Å². The van der Waals surface area contributed by atoms with Crippen molar-refractivity contribution in [2.75, 3.05) is 0 Å². The fourth-order valence-electron chi connectivity index (χ4n) is 1.73. The van der Waals surface area contributed by atoms with Crippen LogP contribution in [0.1, 0.15) is 10.4 Å². The minimum atomic E-state index is -3.68. The average molecular weight is 353 g/mol. The molecule has 0 aliphatic rings.